The van der Waals surface area contributed by atoms with E-state index in [0.29, 0.717) is 12.8 Å². The summed E-state index contributed by atoms with van der Waals surface area (Å²) >= 11 is 1.56. The Hall–Kier alpha value is -0.850. The fourth-order valence-electron chi connectivity index (χ4n) is 0.833. The van der Waals surface area contributed by atoms with Crippen molar-refractivity contribution in [2.24, 2.45) is 0 Å². The monoisotopic (exact) mass is 167 g/mol. The topological polar surface area (TPSA) is 44.0 Å². The molecule has 0 aliphatic heterocycles. The third-order valence-electron chi connectivity index (χ3n) is 1.46. The van der Waals surface area contributed by atoms with E-state index in [0.717, 1.165) is 5.56 Å². The van der Waals surface area contributed by atoms with Crippen LogP contribution in [0.2, 0.25) is 0 Å². The maximum atomic E-state index is 9.40. The molecular weight excluding hydrogens is 158 g/mol. The van der Waals surface area contributed by atoms with Crippen molar-refractivity contribution in [3.8, 4) is 6.07 Å². The summed E-state index contributed by atoms with van der Waals surface area (Å²) in [5.74, 6) is 0. The first-order chi connectivity index (χ1) is 5.34. The number of hydrogen-bond donors (Lipinski definition) is 1. The molecule has 3 heteroatoms. The Morgan fingerprint density at radius 3 is 3.09 bits per heavy atom. The molecule has 0 amide bonds. The summed E-state index contributed by atoms with van der Waals surface area (Å²) in [5, 5.41) is 21.5. The SMILES string of the molecule is N#CCCC(O)c1ccsc1. The fourth-order valence-corrected chi connectivity index (χ4v) is 1.54. The lowest BCUT2D eigenvalue weighted by Gasteiger charge is -2.03. The van der Waals surface area contributed by atoms with Crippen LogP contribution in [0.3, 0.4) is 0 Å². The van der Waals surface area contributed by atoms with E-state index in [1.54, 1.807) is 11.3 Å². The highest BCUT2D eigenvalue weighted by atomic mass is 32.1. The van der Waals surface area contributed by atoms with Gasteiger partial charge < -0.3 is 5.11 Å². The van der Waals surface area contributed by atoms with Crippen LogP contribution in [-0.2, 0) is 0 Å². The molecule has 0 aliphatic carbocycles. The fraction of sp³-hybridized carbons (Fsp3) is 0.375. The van der Waals surface area contributed by atoms with Crippen molar-refractivity contribution in [2.75, 3.05) is 0 Å². The second kappa shape index (κ2) is 4.12. The number of thiophene rings is 1. The largest absolute Gasteiger partial charge is 0.388 e. The Bertz CT molecular complexity index is 237. The first-order valence-corrected chi connectivity index (χ1v) is 4.36. The van der Waals surface area contributed by atoms with Crippen molar-refractivity contribution in [2.45, 2.75) is 18.9 Å². The Morgan fingerprint density at radius 2 is 2.55 bits per heavy atom. The van der Waals surface area contributed by atoms with E-state index in [1.807, 2.05) is 22.9 Å². The number of hydrogen-bond acceptors (Lipinski definition) is 3. The molecule has 1 unspecified atom stereocenters. The highest BCUT2D eigenvalue weighted by Crippen LogP contribution is 2.19. The third-order valence-corrected chi connectivity index (χ3v) is 2.16. The van der Waals surface area contributed by atoms with Crippen molar-refractivity contribution < 1.29 is 5.11 Å². The maximum Gasteiger partial charge on any atom is 0.0807 e. The lowest BCUT2D eigenvalue weighted by Crippen LogP contribution is -1.93. The first kappa shape index (κ1) is 8.25. The highest BCUT2D eigenvalue weighted by molar-refractivity contribution is 7.07. The minimum atomic E-state index is -0.458. The zero-order chi connectivity index (χ0) is 8.10. The van der Waals surface area contributed by atoms with Crippen molar-refractivity contribution in [3.63, 3.8) is 0 Å². The van der Waals surface area contributed by atoms with E-state index in [9.17, 15) is 5.11 Å². The first-order valence-electron chi connectivity index (χ1n) is 3.41. The van der Waals surface area contributed by atoms with Gasteiger partial charge in [-0.15, -0.1) is 0 Å². The number of aliphatic hydroxyl groups is 1. The zero-order valence-corrected chi connectivity index (χ0v) is 6.84. The van der Waals surface area contributed by atoms with Crippen LogP contribution in [0.4, 0.5) is 0 Å². The molecule has 0 saturated heterocycles. The Labute approximate surface area is 69.7 Å². The van der Waals surface area contributed by atoms with Crippen LogP contribution in [0.25, 0.3) is 0 Å². The van der Waals surface area contributed by atoms with Gasteiger partial charge in [0.05, 0.1) is 12.2 Å². The van der Waals surface area contributed by atoms with E-state index in [-0.39, 0.29) is 0 Å². The number of nitriles is 1. The van der Waals surface area contributed by atoms with Crippen LogP contribution in [0.1, 0.15) is 24.5 Å². The van der Waals surface area contributed by atoms with Gasteiger partial charge in [0.1, 0.15) is 0 Å². The molecule has 11 heavy (non-hydrogen) atoms. The molecule has 1 N–H and O–H groups in total. The smallest absolute Gasteiger partial charge is 0.0807 e. The molecule has 2 nitrogen and oxygen atoms in total. The van der Waals surface area contributed by atoms with Gasteiger partial charge in [-0.1, -0.05) is 0 Å². The second-order valence-corrected chi connectivity index (χ2v) is 3.05. The van der Waals surface area contributed by atoms with Gasteiger partial charge in [0.15, 0.2) is 0 Å². The predicted octanol–water partition coefficient (Wildman–Crippen LogP) is 2.09. The van der Waals surface area contributed by atoms with E-state index in [4.69, 9.17) is 5.26 Å². The molecule has 1 aromatic heterocycles. The van der Waals surface area contributed by atoms with Gasteiger partial charge in [0.25, 0.3) is 0 Å². The van der Waals surface area contributed by atoms with Gasteiger partial charge in [-0.25, -0.2) is 0 Å². The lowest BCUT2D eigenvalue weighted by atomic mass is 10.1. The van der Waals surface area contributed by atoms with E-state index in [2.05, 4.69) is 0 Å². The zero-order valence-electron chi connectivity index (χ0n) is 6.03. The summed E-state index contributed by atoms with van der Waals surface area (Å²) in [6, 6.07) is 3.89. The minimum Gasteiger partial charge on any atom is -0.388 e. The molecule has 1 rings (SSSR count). The molecule has 1 heterocycles. The Morgan fingerprint density at radius 1 is 1.73 bits per heavy atom. The van der Waals surface area contributed by atoms with Crippen LogP contribution in [-0.4, -0.2) is 5.11 Å². The second-order valence-electron chi connectivity index (χ2n) is 2.27. The molecule has 0 saturated carbocycles. The van der Waals surface area contributed by atoms with Crippen molar-refractivity contribution >= 4 is 11.3 Å². The van der Waals surface area contributed by atoms with Gasteiger partial charge in [0, 0.05) is 6.42 Å². The summed E-state index contributed by atoms with van der Waals surface area (Å²) in [7, 11) is 0. The van der Waals surface area contributed by atoms with Gasteiger partial charge in [-0.2, -0.15) is 16.6 Å². The Balaban J connectivity index is 2.44. The molecule has 58 valence electrons. The van der Waals surface area contributed by atoms with Gasteiger partial charge in [-0.05, 0) is 28.8 Å². The van der Waals surface area contributed by atoms with Crippen molar-refractivity contribution in [1.29, 1.82) is 5.26 Å². The summed E-state index contributed by atoms with van der Waals surface area (Å²) in [6.07, 6.45) is 0.491. The molecule has 0 aromatic carbocycles. The molecule has 1 aromatic rings. The molecule has 1 atom stereocenters. The lowest BCUT2D eigenvalue weighted by molar-refractivity contribution is 0.170. The molecule has 0 bridgehead atoms. The Kier molecular flexibility index (Phi) is 3.09. The normalized spacial score (nSPS) is 12.4. The quantitative estimate of drug-likeness (QED) is 0.749. The van der Waals surface area contributed by atoms with E-state index in [1.165, 1.54) is 0 Å². The molecule has 0 spiro atoms. The number of rotatable bonds is 3. The van der Waals surface area contributed by atoms with Crippen LogP contribution < -0.4 is 0 Å². The summed E-state index contributed by atoms with van der Waals surface area (Å²) in [4.78, 5) is 0. The maximum absolute atomic E-state index is 9.40. The summed E-state index contributed by atoms with van der Waals surface area (Å²) in [5.41, 5.74) is 0.922. The molecule has 0 radical (unpaired) electrons. The van der Waals surface area contributed by atoms with Crippen LogP contribution >= 0.6 is 11.3 Å². The average Bonchev–Trinajstić information content (AvgIpc) is 2.52. The number of aliphatic hydroxyl groups excluding tert-OH is 1. The molecule has 0 aliphatic rings. The molecular formula is C8H9NOS. The van der Waals surface area contributed by atoms with Crippen LogP contribution in [0.5, 0.6) is 0 Å². The number of nitrogens with zero attached hydrogens (tertiary/aromatic N) is 1. The van der Waals surface area contributed by atoms with E-state index < -0.39 is 6.10 Å². The van der Waals surface area contributed by atoms with Gasteiger partial charge in [-0.3, -0.25) is 0 Å². The van der Waals surface area contributed by atoms with Crippen LogP contribution in [0, 0.1) is 11.3 Å². The average molecular weight is 167 g/mol. The summed E-state index contributed by atoms with van der Waals surface area (Å²) in [6.45, 7) is 0. The van der Waals surface area contributed by atoms with Gasteiger partial charge in [0.2, 0.25) is 0 Å². The summed E-state index contributed by atoms with van der Waals surface area (Å²) < 4.78 is 0. The third kappa shape index (κ3) is 2.34. The molecule has 0 fully saturated rings. The predicted molar refractivity (Wildman–Crippen MR) is 44.1 cm³/mol. The minimum absolute atomic E-state index is 0.414. The van der Waals surface area contributed by atoms with Gasteiger partial charge >= 0.3 is 0 Å². The van der Waals surface area contributed by atoms with Crippen molar-refractivity contribution in [1.82, 2.24) is 0 Å². The highest BCUT2D eigenvalue weighted by Gasteiger charge is 2.05. The van der Waals surface area contributed by atoms with Crippen molar-refractivity contribution in [3.05, 3.63) is 22.4 Å². The standard InChI is InChI=1S/C8H9NOS/c9-4-1-2-8(10)7-3-5-11-6-7/h3,5-6,8,10H,1-2H2. The van der Waals surface area contributed by atoms with E-state index >= 15 is 0 Å². The van der Waals surface area contributed by atoms with Crippen LogP contribution in [0.15, 0.2) is 16.8 Å².